The van der Waals surface area contributed by atoms with E-state index in [9.17, 15) is 26.4 Å². The molecule has 0 aliphatic rings. The van der Waals surface area contributed by atoms with Crippen LogP contribution in [0.5, 0.6) is 0 Å². The summed E-state index contributed by atoms with van der Waals surface area (Å²) >= 11 is 0. The average Bonchev–Trinajstić information content (AvgIpc) is 2.97. The van der Waals surface area contributed by atoms with Crippen molar-refractivity contribution in [3.63, 3.8) is 0 Å². The lowest BCUT2D eigenvalue weighted by Crippen LogP contribution is -2.25. The summed E-state index contributed by atoms with van der Waals surface area (Å²) < 4.78 is 67.2. The van der Waals surface area contributed by atoms with Crippen molar-refractivity contribution in [2.45, 2.75) is 19.1 Å². The molecule has 0 saturated heterocycles. The summed E-state index contributed by atoms with van der Waals surface area (Å²) in [5.41, 5.74) is 1.47. The lowest BCUT2D eigenvalue weighted by molar-refractivity contribution is -0.137. The van der Waals surface area contributed by atoms with Crippen LogP contribution in [0, 0.1) is 0 Å². The number of halogens is 3. The number of sulfone groups is 1. The molecule has 3 rings (SSSR count). The van der Waals surface area contributed by atoms with Gasteiger partial charge in [-0.3, -0.25) is 4.57 Å². The maximum atomic E-state index is 12.8. The van der Waals surface area contributed by atoms with E-state index in [1.54, 1.807) is 18.2 Å². The topological polar surface area (TPSA) is 81.3 Å². The summed E-state index contributed by atoms with van der Waals surface area (Å²) in [6.07, 6.45) is -2.66. The van der Waals surface area contributed by atoms with Crippen LogP contribution in [0.25, 0.3) is 22.2 Å². The van der Waals surface area contributed by atoms with Gasteiger partial charge in [0.2, 0.25) is 0 Å². The van der Waals surface area contributed by atoms with Crippen LogP contribution in [0.1, 0.15) is 12.0 Å². The second-order valence-electron chi connectivity index (χ2n) is 7.01. The first-order chi connectivity index (χ1) is 14.0. The lowest BCUT2D eigenvalue weighted by atomic mass is 10.0. The van der Waals surface area contributed by atoms with E-state index < -0.39 is 27.3 Å². The van der Waals surface area contributed by atoms with Crippen molar-refractivity contribution in [2.75, 3.05) is 25.1 Å². The van der Waals surface area contributed by atoms with Crippen molar-refractivity contribution in [3.05, 3.63) is 58.6 Å². The zero-order chi connectivity index (χ0) is 21.9. The summed E-state index contributed by atoms with van der Waals surface area (Å²) in [5, 5.41) is 3.01. The fourth-order valence-electron chi connectivity index (χ4n) is 3.05. The van der Waals surface area contributed by atoms with Gasteiger partial charge in [-0.15, -0.1) is 0 Å². The van der Waals surface area contributed by atoms with E-state index in [4.69, 9.17) is 4.42 Å². The number of nitrogens with zero attached hydrogens (tertiary/aromatic N) is 1. The highest BCUT2D eigenvalue weighted by Gasteiger charge is 2.30. The van der Waals surface area contributed by atoms with E-state index in [1.807, 2.05) is 0 Å². The van der Waals surface area contributed by atoms with Crippen molar-refractivity contribution >= 4 is 20.9 Å². The van der Waals surface area contributed by atoms with Gasteiger partial charge >= 0.3 is 11.9 Å². The molecule has 0 bridgehead atoms. The highest BCUT2D eigenvalue weighted by atomic mass is 32.2. The van der Waals surface area contributed by atoms with E-state index in [0.717, 1.165) is 12.1 Å². The van der Waals surface area contributed by atoms with Gasteiger partial charge in [0.05, 0.1) is 16.8 Å². The third kappa shape index (κ3) is 5.51. The normalized spacial score (nSPS) is 12.5. The second-order valence-corrected chi connectivity index (χ2v) is 9.27. The van der Waals surface area contributed by atoms with Gasteiger partial charge in [-0.05, 0) is 48.4 Å². The summed E-state index contributed by atoms with van der Waals surface area (Å²) in [6.45, 7) is 1.21. The monoisotopic (exact) mass is 442 g/mol. The number of alkyl halides is 3. The van der Waals surface area contributed by atoms with E-state index in [2.05, 4.69) is 5.32 Å². The Hall–Kier alpha value is -2.59. The number of hydrogen-bond acceptors (Lipinski definition) is 5. The number of rotatable bonds is 8. The Kier molecular flexibility index (Phi) is 6.37. The number of oxazole rings is 1. The minimum atomic E-state index is -4.40. The molecule has 2 aromatic carbocycles. The number of aromatic nitrogens is 1. The molecule has 0 radical (unpaired) electrons. The molecule has 0 atom stereocenters. The number of fused-ring (bicyclic) bond motifs is 1. The molecule has 0 amide bonds. The van der Waals surface area contributed by atoms with E-state index in [-0.39, 0.29) is 5.75 Å². The molecule has 1 aromatic heterocycles. The molecule has 0 saturated carbocycles. The Morgan fingerprint density at radius 3 is 2.33 bits per heavy atom. The van der Waals surface area contributed by atoms with Gasteiger partial charge in [0, 0.05) is 19.3 Å². The van der Waals surface area contributed by atoms with E-state index in [1.165, 1.54) is 23.0 Å². The Balaban J connectivity index is 1.74. The van der Waals surface area contributed by atoms with Gasteiger partial charge in [-0.1, -0.05) is 18.2 Å². The van der Waals surface area contributed by atoms with Gasteiger partial charge in [0.25, 0.3) is 0 Å². The Morgan fingerprint density at radius 1 is 1.03 bits per heavy atom. The predicted molar refractivity (Wildman–Crippen MR) is 108 cm³/mol. The molecule has 10 heteroatoms. The molecular weight excluding hydrogens is 421 g/mol. The number of aryl methyl sites for hydroxylation is 1. The fraction of sp³-hybridized carbons (Fsp3) is 0.350. The van der Waals surface area contributed by atoms with Crippen LogP contribution in [-0.4, -0.2) is 38.1 Å². The first kappa shape index (κ1) is 22.1. The van der Waals surface area contributed by atoms with Gasteiger partial charge in [-0.25, -0.2) is 13.2 Å². The molecule has 6 nitrogen and oxygen atoms in total. The van der Waals surface area contributed by atoms with Crippen LogP contribution in [-0.2, 0) is 22.6 Å². The van der Waals surface area contributed by atoms with Crippen molar-refractivity contribution in [2.24, 2.45) is 0 Å². The predicted octanol–water partition coefficient (Wildman–Crippen LogP) is 3.30. The minimum Gasteiger partial charge on any atom is -0.408 e. The first-order valence-corrected chi connectivity index (χ1v) is 11.3. The van der Waals surface area contributed by atoms with Gasteiger partial charge < -0.3 is 9.73 Å². The Labute approximate surface area is 171 Å². The summed E-state index contributed by atoms with van der Waals surface area (Å²) in [6, 6.07) is 9.82. The molecule has 0 aliphatic carbocycles. The number of nitrogens with one attached hydrogen (secondary N) is 1. The summed E-state index contributed by atoms with van der Waals surface area (Å²) in [7, 11) is -3.03. The second kappa shape index (κ2) is 8.65. The standard InChI is InChI=1S/C20H21F3N2O4S/c1-30(27,28)12-10-24-9-2-11-25-17-13-15(5-8-18(17)29-19(25)26)14-3-6-16(7-4-14)20(21,22)23/h3-8,13,24H,2,9-12H2,1H3. The van der Waals surface area contributed by atoms with Crippen molar-refractivity contribution in [1.82, 2.24) is 9.88 Å². The minimum absolute atomic E-state index is 0.0398. The molecule has 30 heavy (non-hydrogen) atoms. The molecule has 1 N–H and O–H groups in total. The van der Waals surface area contributed by atoms with Gasteiger partial charge in [0.15, 0.2) is 5.58 Å². The van der Waals surface area contributed by atoms with Crippen molar-refractivity contribution < 1.29 is 26.0 Å². The molecule has 3 aromatic rings. The molecule has 0 spiro atoms. The van der Waals surface area contributed by atoms with Gasteiger partial charge in [0.1, 0.15) is 9.84 Å². The van der Waals surface area contributed by atoms with Crippen LogP contribution in [0.3, 0.4) is 0 Å². The van der Waals surface area contributed by atoms with Crippen LogP contribution in [0.2, 0.25) is 0 Å². The summed E-state index contributed by atoms with van der Waals surface area (Å²) in [4.78, 5) is 12.2. The van der Waals surface area contributed by atoms with Crippen LogP contribution >= 0.6 is 0 Å². The third-order valence-corrected chi connectivity index (χ3v) is 5.54. The van der Waals surface area contributed by atoms with E-state index >= 15 is 0 Å². The zero-order valence-electron chi connectivity index (χ0n) is 16.2. The quantitative estimate of drug-likeness (QED) is 0.542. The van der Waals surface area contributed by atoms with Crippen molar-refractivity contribution in [1.29, 1.82) is 0 Å². The highest BCUT2D eigenvalue weighted by Crippen LogP contribution is 2.31. The number of hydrogen-bond donors (Lipinski definition) is 1. The Morgan fingerprint density at radius 2 is 1.70 bits per heavy atom. The molecule has 0 aliphatic heterocycles. The molecular formula is C20H21F3N2O4S. The summed E-state index contributed by atoms with van der Waals surface area (Å²) in [5.74, 6) is -0.483. The average molecular weight is 442 g/mol. The van der Waals surface area contributed by atoms with Crippen molar-refractivity contribution in [3.8, 4) is 11.1 Å². The SMILES string of the molecule is CS(=O)(=O)CCNCCCn1c(=O)oc2ccc(-c3ccc(C(F)(F)F)cc3)cc21. The highest BCUT2D eigenvalue weighted by molar-refractivity contribution is 7.90. The molecule has 1 heterocycles. The third-order valence-electron chi connectivity index (χ3n) is 4.60. The van der Waals surface area contributed by atoms with E-state index in [0.29, 0.717) is 48.3 Å². The molecule has 0 unspecified atom stereocenters. The molecule has 0 fully saturated rings. The van der Waals surface area contributed by atoms with Crippen LogP contribution in [0.4, 0.5) is 13.2 Å². The largest absolute Gasteiger partial charge is 0.419 e. The maximum absolute atomic E-state index is 12.8. The lowest BCUT2D eigenvalue weighted by Gasteiger charge is -2.08. The Bertz CT molecular complexity index is 1180. The smallest absolute Gasteiger partial charge is 0.408 e. The van der Waals surface area contributed by atoms with Crippen LogP contribution in [0.15, 0.2) is 51.7 Å². The van der Waals surface area contributed by atoms with Gasteiger partial charge in [-0.2, -0.15) is 13.2 Å². The fourth-order valence-corrected chi connectivity index (χ4v) is 3.56. The first-order valence-electron chi connectivity index (χ1n) is 9.24. The molecule has 162 valence electrons. The zero-order valence-corrected chi connectivity index (χ0v) is 17.0. The maximum Gasteiger partial charge on any atom is 0.419 e. The van der Waals surface area contributed by atoms with Crippen LogP contribution < -0.4 is 11.1 Å². The number of benzene rings is 2.